The van der Waals surface area contributed by atoms with Gasteiger partial charge in [0.15, 0.2) is 0 Å². The number of halogens is 1. The summed E-state index contributed by atoms with van der Waals surface area (Å²) < 4.78 is 0.977. The fourth-order valence-corrected chi connectivity index (χ4v) is 1.91. The van der Waals surface area contributed by atoms with Crippen LogP contribution in [0.3, 0.4) is 0 Å². The zero-order valence-corrected chi connectivity index (χ0v) is 13.8. The molecule has 0 bridgehead atoms. The Balaban J connectivity index is 2.54. The number of carboxylic acid groups (broad SMARTS) is 1. The molecule has 0 radical (unpaired) electrons. The van der Waals surface area contributed by atoms with Crippen LogP contribution in [-0.2, 0) is 4.79 Å². The maximum absolute atomic E-state index is 11.8. The zero-order chi connectivity index (χ0) is 15.3. The predicted molar refractivity (Wildman–Crippen MR) is 84.7 cm³/mol. The SMILES string of the molecule is CC(C)(C)N(CCC(=O)Nc1ccc(I)cn1)C(=O)O. The van der Waals surface area contributed by atoms with E-state index in [2.05, 4.69) is 32.9 Å². The molecule has 2 amide bonds. The number of anilines is 1. The van der Waals surface area contributed by atoms with E-state index in [-0.39, 0.29) is 18.9 Å². The molecule has 0 aliphatic heterocycles. The summed E-state index contributed by atoms with van der Waals surface area (Å²) in [5, 5.41) is 11.8. The van der Waals surface area contributed by atoms with Gasteiger partial charge in [0.25, 0.3) is 0 Å². The normalized spacial score (nSPS) is 11.0. The second kappa shape index (κ2) is 6.87. The summed E-state index contributed by atoms with van der Waals surface area (Å²) in [7, 11) is 0. The minimum Gasteiger partial charge on any atom is -0.465 e. The number of hydrogen-bond donors (Lipinski definition) is 2. The number of rotatable bonds is 4. The molecule has 0 aliphatic rings. The fraction of sp³-hybridized carbons (Fsp3) is 0.462. The van der Waals surface area contributed by atoms with Crippen LogP contribution in [0, 0.1) is 3.57 Å². The van der Waals surface area contributed by atoms with Crippen molar-refractivity contribution in [2.45, 2.75) is 32.7 Å². The lowest BCUT2D eigenvalue weighted by atomic mass is 10.1. The number of amides is 2. The van der Waals surface area contributed by atoms with Crippen LogP contribution in [0.2, 0.25) is 0 Å². The Hall–Kier alpha value is -1.38. The van der Waals surface area contributed by atoms with Gasteiger partial charge < -0.3 is 15.3 Å². The Morgan fingerprint density at radius 2 is 2.05 bits per heavy atom. The standard InChI is InChI=1S/C13H18IN3O3/c1-13(2,3)17(12(19)20)7-6-11(18)16-10-5-4-9(14)8-15-10/h4-5,8H,6-7H2,1-3H3,(H,19,20)(H,15,16,18). The molecule has 0 saturated heterocycles. The second-order valence-corrected chi connectivity index (χ2v) is 6.51. The minimum absolute atomic E-state index is 0.0945. The minimum atomic E-state index is -1.03. The van der Waals surface area contributed by atoms with Crippen LogP contribution in [0.25, 0.3) is 0 Å². The molecular formula is C13H18IN3O3. The Labute approximate surface area is 131 Å². The maximum atomic E-state index is 11.8. The van der Waals surface area contributed by atoms with E-state index in [9.17, 15) is 9.59 Å². The lowest BCUT2D eigenvalue weighted by molar-refractivity contribution is -0.116. The summed E-state index contributed by atoms with van der Waals surface area (Å²) in [5.74, 6) is 0.210. The molecule has 110 valence electrons. The lowest BCUT2D eigenvalue weighted by Gasteiger charge is -2.32. The summed E-state index contributed by atoms with van der Waals surface area (Å²) in [4.78, 5) is 28.2. The number of aromatic nitrogens is 1. The van der Waals surface area contributed by atoms with Gasteiger partial charge in [0, 0.05) is 28.3 Å². The summed E-state index contributed by atoms with van der Waals surface area (Å²) in [5.41, 5.74) is -0.535. The monoisotopic (exact) mass is 391 g/mol. The van der Waals surface area contributed by atoms with E-state index in [1.807, 2.05) is 6.07 Å². The number of hydrogen-bond acceptors (Lipinski definition) is 3. The number of nitrogens with zero attached hydrogens (tertiary/aromatic N) is 2. The van der Waals surface area contributed by atoms with Crippen molar-refractivity contribution in [3.05, 3.63) is 21.9 Å². The highest BCUT2D eigenvalue weighted by molar-refractivity contribution is 14.1. The average molecular weight is 391 g/mol. The van der Waals surface area contributed by atoms with Gasteiger partial charge in [0.2, 0.25) is 5.91 Å². The van der Waals surface area contributed by atoms with Crippen LogP contribution in [0.4, 0.5) is 10.6 Å². The fourth-order valence-electron chi connectivity index (χ4n) is 1.59. The van der Waals surface area contributed by atoms with Crippen molar-refractivity contribution in [2.24, 2.45) is 0 Å². The Bertz CT molecular complexity index is 483. The molecule has 0 aliphatic carbocycles. The third-order valence-corrected chi connectivity index (χ3v) is 3.24. The first-order valence-corrected chi connectivity index (χ1v) is 7.20. The van der Waals surface area contributed by atoms with Gasteiger partial charge in [0.05, 0.1) is 0 Å². The molecule has 1 rings (SSSR count). The van der Waals surface area contributed by atoms with Crippen molar-refractivity contribution in [1.29, 1.82) is 0 Å². The van der Waals surface area contributed by atoms with Crippen LogP contribution < -0.4 is 5.32 Å². The molecular weight excluding hydrogens is 373 g/mol. The van der Waals surface area contributed by atoms with Gasteiger partial charge >= 0.3 is 6.09 Å². The van der Waals surface area contributed by atoms with Crippen molar-refractivity contribution in [3.63, 3.8) is 0 Å². The first kappa shape index (κ1) is 16.7. The van der Waals surface area contributed by atoms with E-state index in [0.717, 1.165) is 3.57 Å². The summed E-state index contributed by atoms with van der Waals surface area (Å²) in [6, 6.07) is 3.54. The first-order valence-electron chi connectivity index (χ1n) is 6.12. The lowest BCUT2D eigenvalue weighted by Crippen LogP contribution is -2.46. The number of carbonyl (C=O) groups excluding carboxylic acids is 1. The Kier molecular flexibility index (Phi) is 5.73. The second-order valence-electron chi connectivity index (χ2n) is 5.26. The van der Waals surface area contributed by atoms with Crippen LogP contribution in [-0.4, -0.2) is 39.1 Å². The highest BCUT2D eigenvalue weighted by Crippen LogP contribution is 2.14. The smallest absolute Gasteiger partial charge is 0.407 e. The van der Waals surface area contributed by atoms with Crippen LogP contribution in [0.15, 0.2) is 18.3 Å². The quantitative estimate of drug-likeness (QED) is 0.774. The molecule has 1 aromatic heterocycles. The predicted octanol–water partition coefficient (Wildman–Crippen LogP) is 2.79. The molecule has 0 aromatic carbocycles. The van der Waals surface area contributed by atoms with E-state index in [0.29, 0.717) is 5.82 Å². The maximum Gasteiger partial charge on any atom is 0.407 e. The molecule has 1 aromatic rings. The third-order valence-electron chi connectivity index (χ3n) is 2.60. The summed E-state index contributed by atoms with van der Waals surface area (Å²) in [6.07, 6.45) is 0.712. The largest absolute Gasteiger partial charge is 0.465 e. The molecule has 2 N–H and O–H groups in total. The van der Waals surface area contributed by atoms with Crippen molar-refractivity contribution < 1.29 is 14.7 Å². The van der Waals surface area contributed by atoms with E-state index >= 15 is 0 Å². The van der Waals surface area contributed by atoms with Gasteiger partial charge in [-0.2, -0.15) is 0 Å². The molecule has 6 nitrogen and oxygen atoms in total. The Morgan fingerprint density at radius 3 is 2.50 bits per heavy atom. The van der Waals surface area contributed by atoms with Gasteiger partial charge in [-0.1, -0.05) is 0 Å². The average Bonchev–Trinajstić information content (AvgIpc) is 2.30. The molecule has 0 saturated carbocycles. The van der Waals surface area contributed by atoms with Gasteiger partial charge in [-0.3, -0.25) is 4.79 Å². The molecule has 0 fully saturated rings. The van der Waals surface area contributed by atoms with Gasteiger partial charge in [-0.05, 0) is 55.5 Å². The van der Waals surface area contributed by atoms with Crippen LogP contribution in [0.5, 0.6) is 0 Å². The van der Waals surface area contributed by atoms with E-state index in [1.54, 1.807) is 33.0 Å². The van der Waals surface area contributed by atoms with Gasteiger partial charge in [-0.25, -0.2) is 9.78 Å². The molecule has 0 spiro atoms. The molecule has 7 heteroatoms. The van der Waals surface area contributed by atoms with Crippen molar-refractivity contribution in [3.8, 4) is 0 Å². The molecule has 0 unspecified atom stereocenters. The topological polar surface area (TPSA) is 82.5 Å². The van der Waals surface area contributed by atoms with E-state index in [4.69, 9.17) is 5.11 Å². The molecule has 0 atom stereocenters. The van der Waals surface area contributed by atoms with Crippen molar-refractivity contribution >= 4 is 40.4 Å². The first-order chi connectivity index (χ1) is 9.20. The van der Waals surface area contributed by atoms with E-state index in [1.165, 1.54) is 4.90 Å². The Morgan fingerprint density at radius 1 is 1.40 bits per heavy atom. The van der Waals surface area contributed by atoms with Crippen molar-refractivity contribution in [2.75, 3.05) is 11.9 Å². The number of nitrogens with one attached hydrogen (secondary N) is 1. The zero-order valence-electron chi connectivity index (χ0n) is 11.7. The van der Waals surface area contributed by atoms with Crippen molar-refractivity contribution in [1.82, 2.24) is 9.88 Å². The van der Waals surface area contributed by atoms with Gasteiger partial charge in [-0.15, -0.1) is 0 Å². The highest BCUT2D eigenvalue weighted by Gasteiger charge is 2.26. The summed E-state index contributed by atoms with van der Waals surface area (Å²) >= 11 is 2.12. The van der Waals surface area contributed by atoms with Crippen LogP contribution in [0.1, 0.15) is 27.2 Å². The number of carbonyl (C=O) groups is 2. The molecule has 1 heterocycles. The number of pyridine rings is 1. The molecule has 20 heavy (non-hydrogen) atoms. The summed E-state index contributed by atoms with van der Waals surface area (Å²) in [6.45, 7) is 5.52. The van der Waals surface area contributed by atoms with Crippen LogP contribution >= 0.6 is 22.6 Å². The highest BCUT2D eigenvalue weighted by atomic mass is 127. The van der Waals surface area contributed by atoms with E-state index < -0.39 is 11.6 Å². The third kappa shape index (κ3) is 5.32. The van der Waals surface area contributed by atoms with Gasteiger partial charge in [0.1, 0.15) is 5.82 Å².